The summed E-state index contributed by atoms with van der Waals surface area (Å²) in [7, 11) is 0. The van der Waals surface area contributed by atoms with Gasteiger partial charge in [-0.2, -0.15) is 13.2 Å². The largest absolute Gasteiger partial charge is 0.421 e. The lowest BCUT2D eigenvalue weighted by Crippen LogP contribution is -2.42. The smallest absolute Gasteiger partial charge is 0.376 e. The van der Waals surface area contributed by atoms with Gasteiger partial charge in [-0.05, 0) is 24.1 Å². The highest BCUT2D eigenvalue weighted by molar-refractivity contribution is 6.30. The first kappa shape index (κ1) is 14.3. The molecule has 0 aliphatic heterocycles. The summed E-state index contributed by atoms with van der Waals surface area (Å²) < 4.78 is 38.8. The molecule has 0 radical (unpaired) electrons. The third kappa shape index (κ3) is 3.13. The van der Waals surface area contributed by atoms with Gasteiger partial charge in [-0.25, -0.2) is 0 Å². The second kappa shape index (κ2) is 5.27. The normalized spacial score (nSPS) is 15.6. The van der Waals surface area contributed by atoms with Gasteiger partial charge in [0.2, 0.25) is 0 Å². The van der Waals surface area contributed by atoms with Crippen molar-refractivity contribution < 1.29 is 18.3 Å². The Hall–Kier alpha value is -0.740. The summed E-state index contributed by atoms with van der Waals surface area (Å²) in [5.41, 5.74) is -2.95. The molecule has 5 heteroatoms. The molecule has 1 atom stereocenters. The highest BCUT2D eigenvalue weighted by atomic mass is 35.5. The summed E-state index contributed by atoms with van der Waals surface area (Å²) in [5.74, 6) is 0. The molecule has 0 spiro atoms. The first-order chi connectivity index (χ1) is 7.81. The quantitative estimate of drug-likeness (QED) is 0.862. The van der Waals surface area contributed by atoms with Crippen LogP contribution in [0.5, 0.6) is 0 Å². The number of hydrogen-bond acceptors (Lipinski definition) is 1. The second-order valence-corrected chi connectivity index (χ2v) is 4.40. The van der Waals surface area contributed by atoms with E-state index in [0.29, 0.717) is 17.9 Å². The first-order valence-electron chi connectivity index (χ1n) is 5.36. The average molecular weight is 267 g/mol. The summed E-state index contributed by atoms with van der Waals surface area (Å²) in [6.45, 7) is 1.78. The Morgan fingerprint density at radius 3 is 2.12 bits per heavy atom. The van der Waals surface area contributed by atoms with Crippen molar-refractivity contribution in [1.29, 1.82) is 0 Å². The predicted molar refractivity (Wildman–Crippen MR) is 60.9 cm³/mol. The van der Waals surface area contributed by atoms with Gasteiger partial charge in [0, 0.05) is 5.02 Å². The van der Waals surface area contributed by atoms with Crippen LogP contribution in [0.25, 0.3) is 0 Å². The Balaban J connectivity index is 3.10. The lowest BCUT2D eigenvalue weighted by Gasteiger charge is -2.31. The van der Waals surface area contributed by atoms with Crippen LogP contribution in [0.1, 0.15) is 31.7 Å². The van der Waals surface area contributed by atoms with Crippen LogP contribution in [-0.2, 0) is 5.60 Å². The van der Waals surface area contributed by atoms with Gasteiger partial charge >= 0.3 is 6.18 Å². The SMILES string of the molecule is CCCCC(O)(c1ccc(Cl)cc1)C(F)(F)F. The summed E-state index contributed by atoms with van der Waals surface area (Å²) in [6.07, 6.45) is -4.13. The molecule has 0 bridgehead atoms. The summed E-state index contributed by atoms with van der Waals surface area (Å²) >= 11 is 5.62. The van der Waals surface area contributed by atoms with Crippen molar-refractivity contribution in [3.8, 4) is 0 Å². The maximum Gasteiger partial charge on any atom is 0.421 e. The topological polar surface area (TPSA) is 20.2 Å². The zero-order valence-electron chi connectivity index (χ0n) is 9.39. The molecule has 17 heavy (non-hydrogen) atoms. The first-order valence-corrected chi connectivity index (χ1v) is 5.74. The predicted octanol–water partition coefficient (Wildman–Crippen LogP) is 4.28. The number of rotatable bonds is 4. The van der Waals surface area contributed by atoms with Gasteiger partial charge in [0.1, 0.15) is 0 Å². The zero-order valence-corrected chi connectivity index (χ0v) is 10.1. The minimum atomic E-state index is -4.68. The maximum atomic E-state index is 12.9. The fourth-order valence-corrected chi connectivity index (χ4v) is 1.73. The molecule has 0 saturated heterocycles. The molecule has 1 aromatic rings. The molecule has 1 aromatic carbocycles. The number of alkyl halides is 3. The van der Waals surface area contributed by atoms with Crippen LogP contribution >= 0.6 is 11.6 Å². The molecule has 0 aliphatic carbocycles. The van der Waals surface area contributed by atoms with E-state index in [1.807, 2.05) is 0 Å². The van der Waals surface area contributed by atoms with Crippen molar-refractivity contribution in [3.63, 3.8) is 0 Å². The Morgan fingerprint density at radius 2 is 1.71 bits per heavy atom. The fraction of sp³-hybridized carbons (Fsp3) is 0.500. The van der Waals surface area contributed by atoms with Gasteiger partial charge in [0.05, 0.1) is 0 Å². The molecule has 0 heterocycles. The van der Waals surface area contributed by atoms with Crippen molar-refractivity contribution in [2.45, 2.75) is 38.0 Å². The molecule has 1 N–H and O–H groups in total. The summed E-state index contributed by atoms with van der Waals surface area (Å²) in [6, 6.07) is 5.12. The highest BCUT2D eigenvalue weighted by Crippen LogP contribution is 2.42. The van der Waals surface area contributed by atoms with E-state index in [1.165, 1.54) is 24.3 Å². The maximum absolute atomic E-state index is 12.9. The number of benzene rings is 1. The van der Waals surface area contributed by atoms with Crippen molar-refractivity contribution in [2.24, 2.45) is 0 Å². The highest BCUT2D eigenvalue weighted by Gasteiger charge is 2.54. The average Bonchev–Trinajstić information content (AvgIpc) is 2.25. The molecule has 0 amide bonds. The fourth-order valence-electron chi connectivity index (χ4n) is 1.61. The van der Waals surface area contributed by atoms with Crippen LogP contribution in [0.15, 0.2) is 24.3 Å². The number of aliphatic hydroxyl groups is 1. The molecule has 1 nitrogen and oxygen atoms in total. The van der Waals surface area contributed by atoms with Crippen molar-refractivity contribution >= 4 is 11.6 Å². The van der Waals surface area contributed by atoms with Crippen molar-refractivity contribution in [2.75, 3.05) is 0 Å². The van der Waals surface area contributed by atoms with Crippen LogP contribution in [0.2, 0.25) is 5.02 Å². The van der Waals surface area contributed by atoms with Crippen molar-refractivity contribution in [1.82, 2.24) is 0 Å². The molecular weight excluding hydrogens is 253 g/mol. The molecule has 0 aliphatic rings. The lowest BCUT2D eigenvalue weighted by molar-refractivity contribution is -0.269. The minimum absolute atomic E-state index is 0.164. The van der Waals surface area contributed by atoms with Gasteiger partial charge in [0.25, 0.3) is 0 Å². The Bertz CT molecular complexity index is 361. The summed E-state index contributed by atoms with van der Waals surface area (Å²) in [4.78, 5) is 0. The van der Waals surface area contributed by atoms with Gasteiger partial charge in [0.15, 0.2) is 5.60 Å². The van der Waals surface area contributed by atoms with Crippen LogP contribution < -0.4 is 0 Å². The lowest BCUT2D eigenvalue weighted by atomic mass is 9.88. The van der Waals surface area contributed by atoms with E-state index in [-0.39, 0.29) is 12.0 Å². The molecule has 1 unspecified atom stereocenters. The van der Waals surface area contributed by atoms with E-state index in [9.17, 15) is 18.3 Å². The van der Waals surface area contributed by atoms with Crippen LogP contribution in [0.4, 0.5) is 13.2 Å². The number of hydrogen-bond donors (Lipinski definition) is 1. The van der Waals surface area contributed by atoms with Crippen LogP contribution in [-0.4, -0.2) is 11.3 Å². The van der Waals surface area contributed by atoms with E-state index in [4.69, 9.17) is 11.6 Å². The number of halogens is 4. The Kier molecular flexibility index (Phi) is 4.44. The van der Waals surface area contributed by atoms with Gasteiger partial charge < -0.3 is 5.11 Å². The Labute approximate surface area is 103 Å². The van der Waals surface area contributed by atoms with E-state index in [1.54, 1.807) is 6.92 Å². The van der Waals surface area contributed by atoms with Gasteiger partial charge in [-0.3, -0.25) is 0 Å². The standard InChI is InChI=1S/C12H14ClF3O/c1-2-3-8-11(17,12(14,15)16)9-4-6-10(13)7-5-9/h4-7,17H,2-3,8H2,1H3. The van der Waals surface area contributed by atoms with Crippen molar-refractivity contribution in [3.05, 3.63) is 34.9 Å². The minimum Gasteiger partial charge on any atom is -0.376 e. The third-order valence-corrected chi connectivity index (χ3v) is 2.93. The number of unbranched alkanes of at least 4 members (excludes halogenated alkanes) is 1. The van der Waals surface area contributed by atoms with Crippen LogP contribution in [0, 0.1) is 0 Å². The third-order valence-electron chi connectivity index (χ3n) is 2.68. The molecule has 0 saturated carbocycles. The van der Waals surface area contributed by atoms with Crippen LogP contribution in [0.3, 0.4) is 0 Å². The van der Waals surface area contributed by atoms with E-state index in [0.717, 1.165) is 0 Å². The molecular formula is C12H14ClF3O. The zero-order chi connectivity index (χ0) is 13.1. The second-order valence-electron chi connectivity index (χ2n) is 3.97. The molecule has 1 rings (SSSR count). The summed E-state index contributed by atoms with van der Waals surface area (Å²) in [5, 5.41) is 10.2. The van der Waals surface area contributed by atoms with E-state index in [2.05, 4.69) is 0 Å². The van der Waals surface area contributed by atoms with Gasteiger partial charge in [-0.15, -0.1) is 0 Å². The van der Waals surface area contributed by atoms with E-state index < -0.39 is 11.8 Å². The Morgan fingerprint density at radius 1 is 1.18 bits per heavy atom. The molecule has 0 fully saturated rings. The molecule has 96 valence electrons. The van der Waals surface area contributed by atoms with E-state index >= 15 is 0 Å². The molecule has 0 aromatic heterocycles. The monoisotopic (exact) mass is 266 g/mol. The van der Waals surface area contributed by atoms with Gasteiger partial charge in [-0.1, -0.05) is 43.5 Å².